The summed E-state index contributed by atoms with van der Waals surface area (Å²) in [5.41, 5.74) is 1.71. The maximum atomic E-state index is 12.1. The van der Waals surface area contributed by atoms with Gasteiger partial charge in [0.2, 0.25) is 0 Å². The zero-order valence-electron chi connectivity index (χ0n) is 15.1. The number of benzene rings is 1. The number of carbonyl (C=O) groups is 1. The summed E-state index contributed by atoms with van der Waals surface area (Å²) in [5, 5.41) is 12.5. The first kappa shape index (κ1) is 18.4. The molecule has 0 radical (unpaired) electrons. The number of pyridine rings is 1. The molecule has 0 spiro atoms. The van der Waals surface area contributed by atoms with Gasteiger partial charge in [-0.05, 0) is 56.3 Å². The Morgan fingerprint density at radius 2 is 1.96 bits per heavy atom. The van der Waals surface area contributed by atoms with Crippen LogP contribution in [0, 0.1) is 5.92 Å². The van der Waals surface area contributed by atoms with Crippen LogP contribution in [0.25, 0.3) is 0 Å². The second kappa shape index (κ2) is 9.34. The van der Waals surface area contributed by atoms with Crippen LogP contribution in [0.15, 0.2) is 48.8 Å². The van der Waals surface area contributed by atoms with Gasteiger partial charge in [0, 0.05) is 19.3 Å². The summed E-state index contributed by atoms with van der Waals surface area (Å²) >= 11 is 0. The van der Waals surface area contributed by atoms with Gasteiger partial charge in [0.25, 0.3) is 5.91 Å². The largest absolute Gasteiger partial charge is 0.505 e. The third-order valence-electron chi connectivity index (χ3n) is 5.15. The highest BCUT2D eigenvalue weighted by atomic mass is 16.3. The Labute approximate surface area is 155 Å². The summed E-state index contributed by atoms with van der Waals surface area (Å²) in [5.74, 6) is 0.474. The van der Waals surface area contributed by atoms with Gasteiger partial charge in [-0.1, -0.05) is 30.3 Å². The van der Waals surface area contributed by atoms with E-state index in [-0.39, 0.29) is 17.2 Å². The molecule has 1 saturated heterocycles. The number of aryl methyl sites for hydroxylation is 1. The summed E-state index contributed by atoms with van der Waals surface area (Å²) < 4.78 is 0. The number of aromatic hydroxyl groups is 1. The Balaban J connectivity index is 1.33. The van der Waals surface area contributed by atoms with Crippen LogP contribution >= 0.6 is 0 Å². The fourth-order valence-electron chi connectivity index (χ4n) is 3.52. The van der Waals surface area contributed by atoms with Crippen LogP contribution in [0.2, 0.25) is 0 Å². The molecule has 1 aliphatic heterocycles. The number of hydrogen-bond acceptors (Lipinski definition) is 4. The fraction of sp³-hybridized carbons (Fsp3) is 0.429. The number of hydrogen-bond donors (Lipinski definition) is 2. The van der Waals surface area contributed by atoms with Gasteiger partial charge in [-0.3, -0.25) is 9.78 Å². The van der Waals surface area contributed by atoms with Gasteiger partial charge >= 0.3 is 0 Å². The summed E-state index contributed by atoms with van der Waals surface area (Å²) in [4.78, 5) is 18.3. The third kappa shape index (κ3) is 5.30. The van der Waals surface area contributed by atoms with Crippen molar-refractivity contribution in [2.24, 2.45) is 5.92 Å². The molecule has 2 aromatic rings. The number of amides is 1. The molecule has 3 rings (SSSR count). The molecular weight excluding hydrogens is 326 g/mol. The molecular formula is C21H27N3O2. The van der Waals surface area contributed by atoms with E-state index < -0.39 is 0 Å². The molecule has 2 heterocycles. The van der Waals surface area contributed by atoms with E-state index in [4.69, 9.17) is 0 Å². The van der Waals surface area contributed by atoms with Gasteiger partial charge in [0.05, 0.1) is 11.8 Å². The van der Waals surface area contributed by atoms with Gasteiger partial charge < -0.3 is 15.3 Å². The predicted octanol–water partition coefficient (Wildman–Crippen LogP) is 2.86. The SMILES string of the molecule is O=C(NCCN1CCC(CCc2ccccc2)CC1)c1ccncc1O. The van der Waals surface area contributed by atoms with Crippen molar-refractivity contribution in [2.45, 2.75) is 25.7 Å². The van der Waals surface area contributed by atoms with Crippen LogP contribution in [-0.4, -0.2) is 47.1 Å². The summed E-state index contributed by atoms with van der Waals surface area (Å²) in [6.07, 6.45) is 7.68. The smallest absolute Gasteiger partial charge is 0.255 e. The molecule has 0 bridgehead atoms. The third-order valence-corrected chi connectivity index (χ3v) is 5.15. The molecule has 1 aromatic carbocycles. The number of rotatable bonds is 7. The van der Waals surface area contributed by atoms with Gasteiger partial charge in [-0.2, -0.15) is 0 Å². The summed E-state index contributed by atoms with van der Waals surface area (Å²) in [6.45, 7) is 3.63. The summed E-state index contributed by atoms with van der Waals surface area (Å²) in [6, 6.07) is 12.2. The lowest BCUT2D eigenvalue weighted by atomic mass is 9.90. The zero-order chi connectivity index (χ0) is 18.2. The molecule has 1 aliphatic rings. The molecule has 5 nitrogen and oxygen atoms in total. The number of piperidine rings is 1. The van der Waals surface area contributed by atoms with Crippen molar-refractivity contribution in [1.82, 2.24) is 15.2 Å². The monoisotopic (exact) mass is 353 g/mol. The van der Waals surface area contributed by atoms with Gasteiger partial charge in [0.15, 0.2) is 0 Å². The highest BCUT2D eigenvalue weighted by molar-refractivity contribution is 5.96. The van der Waals surface area contributed by atoms with Crippen LogP contribution in [-0.2, 0) is 6.42 Å². The van der Waals surface area contributed by atoms with E-state index in [1.54, 1.807) is 0 Å². The Morgan fingerprint density at radius 3 is 2.69 bits per heavy atom. The zero-order valence-corrected chi connectivity index (χ0v) is 15.1. The van der Waals surface area contributed by atoms with E-state index in [9.17, 15) is 9.90 Å². The highest BCUT2D eigenvalue weighted by Crippen LogP contribution is 2.22. The quantitative estimate of drug-likeness (QED) is 0.803. The molecule has 26 heavy (non-hydrogen) atoms. The molecule has 1 amide bonds. The Kier molecular flexibility index (Phi) is 6.61. The van der Waals surface area contributed by atoms with E-state index >= 15 is 0 Å². The molecule has 5 heteroatoms. The molecule has 138 valence electrons. The van der Waals surface area contributed by atoms with Gasteiger partial charge in [0.1, 0.15) is 5.75 Å². The van der Waals surface area contributed by atoms with Crippen LogP contribution in [0.1, 0.15) is 35.2 Å². The second-order valence-electron chi connectivity index (χ2n) is 6.96. The predicted molar refractivity (Wildman–Crippen MR) is 102 cm³/mol. The van der Waals surface area contributed by atoms with Crippen LogP contribution in [0.5, 0.6) is 5.75 Å². The van der Waals surface area contributed by atoms with Crippen LogP contribution < -0.4 is 5.32 Å². The number of nitrogens with one attached hydrogen (secondary N) is 1. The van der Waals surface area contributed by atoms with Crippen LogP contribution in [0.4, 0.5) is 0 Å². The average molecular weight is 353 g/mol. The Hall–Kier alpha value is -2.40. The standard InChI is InChI=1S/C21H27N3O2/c25-20-16-22-11-8-19(20)21(26)23-12-15-24-13-9-18(10-14-24)7-6-17-4-2-1-3-5-17/h1-5,8,11,16,18,25H,6-7,9-10,12-15H2,(H,23,26). The van der Waals surface area contributed by atoms with E-state index in [1.807, 2.05) is 0 Å². The first-order chi connectivity index (χ1) is 12.7. The molecule has 2 N–H and O–H groups in total. The minimum Gasteiger partial charge on any atom is -0.505 e. The van der Waals surface area contributed by atoms with Crippen LogP contribution in [0.3, 0.4) is 0 Å². The lowest BCUT2D eigenvalue weighted by molar-refractivity contribution is 0.0941. The molecule has 0 atom stereocenters. The second-order valence-corrected chi connectivity index (χ2v) is 6.96. The van der Waals surface area contributed by atoms with Crippen molar-refractivity contribution in [3.63, 3.8) is 0 Å². The van der Waals surface area contributed by atoms with Crippen molar-refractivity contribution in [2.75, 3.05) is 26.2 Å². The van der Waals surface area contributed by atoms with E-state index in [2.05, 4.69) is 45.5 Å². The van der Waals surface area contributed by atoms with Gasteiger partial charge in [-0.15, -0.1) is 0 Å². The van der Waals surface area contributed by atoms with Gasteiger partial charge in [-0.25, -0.2) is 0 Å². The van der Waals surface area contributed by atoms with Crippen molar-refractivity contribution in [3.05, 3.63) is 59.9 Å². The lowest BCUT2D eigenvalue weighted by Crippen LogP contribution is -2.39. The molecule has 0 unspecified atom stereocenters. The molecule has 0 aliphatic carbocycles. The Bertz CT molecular complexity index is 697. The topological polar surface area (TPSA) is 65.5 Å². The average Bonchev–Trinajstić information content (AvgIpc) is 2.68. The first-order valence-corrected chi connectivity index (χ1v) is 9.40. The van der Waals surface area contributed by atoms with Crippen molar-refractivity contribution < 1.29 is 9.90 Å². The lowest BCUT2D eigenvalue weighted by Gasteiger charge is -2.32. The Morgan fingerprint density at radius 1 is 1.19 bits per heavy atom. The molecule has 0 saturated carbocycles. The number of nitrogens with zero attached hydrogens (tertiary/aromatic N) is 2. The molecule has 1 aromatic heterocycles. The molecule has 1 fully saturated rings. The van der Waals surface area contributed by atoms with E-state index in [1.165, 1.54) is 43.3 Å². The maximum Gasteiger partial charge on any atom is 0.255 e. The van der Waals surface area contributed by atoms with E-state index in [0.29, 0.717) is 6.54 Å². The maximum absolute atomic E-state index is 12.1. The van der Waals surface area contributed by atoms with Crippen molar-refractivity contribution >= 4 is 5.91 Å². The summed E-state index contributed by atoms with van der Waals surface area (Å²) in [7, 11) is 0. The minimum atomic E-state index is -0.248. The number of likely N-dealkylation sites (tertiary alicyclic amines) is 1. The first-order valence-electron chi connectivity index (χ1n) is 9.40. The fourth-order valence-corrected chi connectivity index (χ4v) is 3.52. The number of aromatic nitrogens is 1. The minimum absolute atomic E-state index is 0.0794. The highest BCUT2D eigenvalue weighted by Gasteiger charge is 2.19. The number of carbonyl (C=O) groups excluding carboxylic acids is 1. The van der Waals surface area contributed by atoms with Crippen molar-refractivity contribution in [1.29, 1.82) is 0 Å². The van der Waals surface area contributed by atoms with E-state index in [0.717, 1.165) is 32.0 Å². The van der Waals surface area contributed by atoms with Crippen molar-refractivity contribution in [3.8, 4) is 5.75 Å². The normalized spacial score (nSPS) is 15.7.